The van der Waals surface area contributed by atoms with Crippen LogP contribution in [0.4, 0.5) is 0 Å². The smallest absolute Gasteiger partial charge is 0.372 e. The standard InChI is InChI=1S/C13H21NO4/c1-3-9(4-2)11(15)8-14-7-10-5-6-18-12(10)13(16)17/h5-6,9,11,14-15H,3-4,7-8H2,1-2H3,(H,16,17). The molecular formula is C13H21NO4. The van der Waals surface area contributed by atoms with Gasteiger partial charge in [-0.2, -0.15) is 0 Å². The number of hydrogen-bond acceptors (Lipinski definition) is 4. The van der Waals surface area contributed by atoms with E-state index in [1.807, 2.05) is 0 Å². The summed E-state index contributed by atoms with van der Waals surface area (Å²) in [4.78, 5) is 10.8. The summed E-state index contributed by atoms with van der Waals surface area (Å²) in [6, 6.07) is 1.62. The summed E-state index contributed by atoms with van der Waals surface area (Å²) in [6.07, 6.45) is 2.83. The molecular weight excluding hydrogens is 234 g/mol. The van der Waals surface area contributed by atoms with Gasteiger partial charge in [-0.1, -0.05) is 26.7 Å². The van der Waals surface area contributed by atoms with Gasteiger partial charge in [-0.05, 0) is 12.0 Å². The number of carboxylic acids is 1. The average molecular weight is 255 g/mol. The Hall–Kier alpha value is -1.33. The second kappa shape index (κ2) is 7.18. The SMILES string of the molecule is CCC(CC)C(O)CNCc1ccoc1C(=O)O. The molecule has 1 aromatic rings. The van der Waals surface area contributed by atoms with Crippen molar-refractivity contribution in [3.05, 3.63) is 23.7 Å². The summed E-state index contributed by atoms with van der Waals surface area (Å²) in [7, 11) is 0. The Balaban J connectivity index is 2.42. The number of furan rings is 1. The van der Waals surface area contributed by atoms with E-state index in [-0.39, 0.29) is 11.7 Å². The molecule has 0 saturated carbocycles. The molecule has 1 heterocycles. The highest BCUT2D eigenvalue weighted by atomic mass is 16.4. The first-order valence-corrected chi connectivity index (χ1v) is 6.28. The lowest BCUT2D eigenvalue weighted by atomic mass is 9.96. The largest absolute Gasteiger partial charge is 0.475 e. The first-order chi connectivity index (χ1) is 8.60. The second-order valence-electron chi connectivity index (χ2n) is 4.35. The predicted octanol–water partition coefficient (Wildman–Crippen LogP) is 1.86. The Kier molecular flexibility index (Phi) is 5.88. The molecule has 0 spiro atoms. The molecule has 0 fully saturated rings. The molecule has 0 aliphatic rings. The second-order valence-corrected chi connectivity index (χ2v) is 4.35. The quantitative estimate of drug-likeness (QED) is 0.660. The number of aliphatic hydroxyl groups excluding tert-OH is 1. The van der Waals surface area contributed by atoms with Crippen LogP contribution in [0.25, 0.3) is 0 Å². The number of hydrogen-bond donors (Lipinski definition) is 3. The molecule has 1 rings (SSSR count). The van der Waals surface area contributed by atoms with Crippen LogP contribution < -0.4 is 5.32 Å². The van der Waals surface area contributed by atoms with E-state index in [1.165, 1.54) is 6.26 Å². The van der Waals surface area contributed by atoms with Gasteiger partial charge in [0.05, 0.1) is 12.4 Å². The normalized spacial score (nSPS) is 12.9. The van der Waals surface area contributed by atoms with Crippen LogP contribution in [0.3, 0.4) is 0 Å². The van der Waals surface area contributed by atoms with Crippen LogP contribution in [0.15, 0.2) is 16.7 Å². The van der Waals surface area contributed by atoms with E-state index in [9.17, 15) is 9.90 Å². The highest BCUT2D eigenvalue weighted by Gasteiger charge is 2.16. The molecule has 0 saturated heterocycles. The lowest BCUT2D eigenvalue weighted by molar-refractivity contribution is 0.0660. The fourth-order valence-electron chi connectivity index (χ4n) is 2.02. The van der Waals surface area contributed by atoms with Crippen molar-refractivity contribution in [3.63, 3.8) is 0 Å². The van der Waals surface area contributed by atoms with Crippen molar-refractivity contribution in [2.75, 3.05) is 6.54 Å². The molecule has 1 aromatic heterocycles. The Morgan fingerprint density at radius 1 is 1.44 bits per heavy atom. The van der Waals surface area contributed by atoms with E-state index in [4.69, 9.17) is 9.52 Å². The number of carbonyl (C=O) groups is 1. The number of aliphatic hydroxyl groups is 1. The maximum atomic E-state index is 10.8. The first kappa shape index (κ1) is 14.7. The fraction of sp³-hybridized carbons (Fsp3) is 0.615. The van der Waals surface area contributed by atoms with Gasteiger partial charge < -0.3 is 19.9 Å². The zero-order chi connectivity index (χ0) is 13.5. The summed E-state index contributed by atoms with van der Waals surface area (Å²) < 4.78 is 4.87. The van der Waals surface area contributed by atoms with E-state index in [0.717, 1.165) is 12.8 Å². The van der Waals surface area contributed by atoms with Gasteiger partial charge in [-0.3, -0.25) is 0 Å². The zero-order valence-corrected chi connectivity index (χ0v) is 10.8. The number of rotatable bonds is 8. The van der Waals surface area contributed by atoms with Gasteiger partial charge >= 0.3 is 5.97 Å². The maximum absolute atomic E-state index is 10.8. The van der Waals surface area contributed by atoms with E-state index in [0.29, 0.717) is 18.7 Å². The molecule has 0 radical (unpaired) electrons. The molecule has 3 N–H and O–H groups in total. The van der Waals surface area contributed by atoms with Crippen LogP contribution in [-0.4, -0.2) is 28.8 Å². The number of nitrogens with one attached hydrogen (secondary N) is 1. The minimum absolute atomic E-state index is 0.0421. The van der Waals surface area contributed by atoms with E-state index in [2.05, 4.69) is 19.2 Å². The number of aromatic carboxylic acids is 1. The molecule has 0 amide bonds. The molecule has 5 heteroatoms. The molecule has 0 aliphatic heterocycles. The van der Waals surface area contributed by atoms with Gasteiger partial charge in [0.25, 0.3) is 0 Å². The summed E-state index contributed by atoms with van der Waals surface area (Å²) >= 11 is 0. The van der Waals surface area contributed by atoms with Crippen molar-refractivity contribution in [2.24, 2.45) is 5.92 Å². The van der Waals surface area contributed by atoms with Gasteiger partial charge in [0.15, 0.2) is 0 Å². The van der Waals surface area contributed by atoms with Gasteiger partial charge in [0.1, 0.15) is 0 Å². The van der Waals surface area contributed by atoms with Gasteiger partial charge in [0, 0.05) is 18.7 Å². The van der Waals surface area contributed by atoms with Crippen LogP contribution in [0.1, 0.15) is 42.8 Å². The lowest BCUT2D eigenvalue weighted by Crippen LogP contribution is -2.32. The Labute approximate surface area is 107 Å². The Morgan fingerprint density at radius 3 is 2.67 bits per heavy atom. The third kappa shape index (κ3) is 3.85. The number of carboxylic acid groups (broad SMARTS) is 1. The molecule has 1 unspecified atom stereocenters. The van der Waals surface area contributed by atoms with Crippen LogP contribution in [0, 0.1) is 5.92 Å². The Morgan fingerprint density at radius 2 is 2.11 bits per heavy atom. The zero-order valence-electron chi connectivity index (χ0n) is 10.8. The first-order valence-electron chi connectivity index (χ1n) is 6.28. The van der Waals surface area contributed by atoms with Crippen molar-refractivity contribution in [1.82, 2.24) is 5.32 Å². The predicted molar refractivity (Wildman–Crippen MR) is 67.5 cm³/mol. The van der Waals surface area contributed by atoms with Crippen molar-refractivity contribution < 1.29 is 19.4 Å². The minimum Gasteiger partial charge on any atom is -0.475 e. The molecule has 102 valence electrons. The van der Waals surface area contributed by atoms with Gasteiger partial charge in [0.2, 0.25) is 5.76 Å². The Bertz CT molecular complexity index is 371. The summed E-state index contributed by atoms with van der Waals surface area (Å²) in [5.41, 5.74) is 0.597. The summed E-state index contributed by atoms with van der Waals surface area (Å²) in [6.45, 7) is 4.94. The topological polar surface area (TPSA) is 82.7 Å². The fourth-order valence-corrected chi connectivity index (χ4v) is 2.02. The van der Waals surface area contributed by atoms with Gasteiger partial charge in [-0.15, -0.1) is 0 Å². The minimum atomic E-state index is -1.07. The monoisotopic (exact) mass is 255 g/mol. The van der Waals surface area contributed by atoms with Crippen molar-refractivity contribution in [3.8, 4) is 0 Å². The highest BCUT2D eigenvalue weighted by molar-refractivity contribution is 5.86. The van der Waals surface area contributed by atoms with E-state index in [1.54, 1.807) is 6.07 Å². The van der Waals surface area contributed by atoms with Crippen molar-refractivity contribution in [2.45, 2.75) is 39.3 Å². The molecule has 18 heavy (non-hydrogen) atoms. The summed E-state index contributed by atoms with van der Waals surface area (Å²) in [5, 5.41) is 21.8. The third-order valence-electron chi connectivity index (χ3n) is 3.20. The molecule has 1 atom stereocenters. The highest BCUT2D eigenvalue weighted by Crippen LogP contribution is 2.13. The molecule has 0 aliphatic carbocycles. The summed E-state index contributed by atoms with van der Waals surface area (Å²) in [5.74, 6) is -0.836. The lowest BCUT2D eigenvalue weighted by Gasteiger charge is -2.20. The maximum Gasteiger partial charge on any atom is 0.372 e. The van der Waals surface area contributed by atoms with E-state index < -0.39 is 12.1 Å². The molecule has 5 nitrogen and oxygen atoms in total. The van der Waals surface area contributed by atoms with Crippen LogP contribution in [0.5, 0.6) is 0 Å². The van der Waals surface area contributed by atoms with Crippen molar-refractivity contribution >= 4 is 5.97 Å². The van der Waals surface area contributed by atoms with Crippen LogP contribution >= 0.6 is 0 Å². The molecule has 0 bridgehead atoms. The molecule has 0 aromatic carbocycles. The van der Waals surface area contributed by atoms with E-state index >= 15 is 0 Å². The van der Waals surface area contributed by atoms with Crippen LogP contribution in [-0.2, 0) is 6.54 Å². The van der Waals surface area contributed by atoms with Gasteiger partial charge in [-0.25, -0.2) is 4.79 Å². The third-order valence-corrected chi connectivity index (χ3v) is 3.20. The van der Waals surface area contributed by atoms with Crippen molar-refractivity contribution in [1.29, 1.82) is 0 Å². The van der Waals surface area contributed by atoms with Crippen LogP contribution in [0.2, 0.25) is 0 Å². The average Bonchev–Trinajstić information content (AvgIpc) is 2.79.